The summed E-state index contributed by atoms with van der Waals surface area (Å²) in [6.45, 7) is 1.91. The average molecular weight is 373 g/mol. The van der Waals surface area contributed by atoms with Crippen LogP contribution in [0.2, 0.25) is 0 Å². The van der Waals surface area contributed by atoms with Crippen LogP contribution in [0.5, 0.6) is 0 Å². The summed E-state index contributed by atoms with van der Waals surface area (Å²) < 4.78 is 19.4. The molecular weight excluding hydrogens is 357 g/mol. The predicted octanol–water partition coefficient (Wildman–Crippen LogP) is 3.67. The second-order valence-electron chi connectivity index (χ2n) is 5.36. The number of halogens is 1. The number of anilines is 1. The van der Waals surface area contributed by atoms with E-state index < -0.39 is 5.97 Å². The highest BCUT2D eigenvalue weighted by Gasteiger charge is 2.18. The van der Waals surface area contributed by atoms with Crippen molar-refractivity contribution in [2.75, 3.05) is 12.4 Å². The normalized spacial score (nSPS) is 10.6. The summed E-state index contributed by atoms with van der Waals surface area (Å²) in [6.07, 6.45) is 2.05. The molecule has 2 aromatic heterocycles. The van der Waals surface area contributed by atoms with E-state index in [4.69, 9.17) is 0 Å². The first-order valence-electron chi connectivity index (χ1n) is 7.85. The van der Waals surface area contributed by atoms with E-state index in [2.05, 4.69) is 15.2 Å². The van der Waals surface area contributed by atoms with Crippen molar-refractivity contribution in [1.29, 1.82) is 0 Å². The van der Waals surface area contributed by atoms with Crippen LogP contribution in [0.3, 0.4) is 0 Å². The van der Waals surface area contributed by atoms with Crippen LogP contribution in [-0.4, -0.2) is 28.8 Å². The Morgan fingerprint density at radius 3 is 2.62 bits per heavy atom. The van der Waals surface area contributed by atoms with Gasteiger partial charge in [-0.1, -0.05) is 6.92 Å². The molecule has 26 heavy (non-hydrogen) atoms. The molecule has 0 saturated heterocycles. The van der Waals surface area contributed by atoms with Crippen molar-refractivity contribution in [3.05, 3.63) is 64.5 Å². The van der Waals surface area contributed by atoms with Crippen LogP contribution in [-0.2, 0) is 11.2 Å². The van der Waals surface area contributed by atoms with Crippen LogP contribution in [0.15, 0.2) is 42.6 Å². The Morgan fingerprint density at radius 2 is 1.96 bits per heavy atom. The number of thiophene rings is 1. The number of nitrogens with one attached hydrogen (secondary N) is 1. The molecule has 1 aromatic carbocycles. The molecule has 2 heterocycles. The lowest BCUT2D eigenvalue weighted by atomic mass is 10.2. The molecule has 0 fully saturated rings. The lowest BCUT2D eigenvalue weighted by molar-refractivity contribution is 0.0606. The first-order chi connectivity index (χ1) is 12.5. The van der Waals surface area contributed by atoms with Crippen molar-refractivity contribution < 1.29 is 18.7 Å². The summed E-state index contributed by atoms with van der Waals surface area (Å²) in [5.74, 6) is -1.11. The first kappa shape index (κ1) is 17.8. The fourth-order valence-electron chi connectivity index (χ4n) is 2.50. The van der Waals surface area contributed by atoms with Gasteiger partial charge in [-0.3, -0.25) is 4.79 Å². The lowest BCUT2D eigenvalue weighted by Crippen LogP contribution is -2.13. The fourth-order valence-corrected chi connectivity index (χ4v) is 3.32. The van der Waals surface area contributed by atoms with Crippen molar-refractivity contribution in [2.45, 2.75) is 13.3 Å². The minimum Gasteiger partial charge on any atom is -0.465 e. The maximum Gasteiger partial charge on any atom is 0.348 e. The van der Waals surface area contributed by atoms with E-state index in [-0.39, 0.29) is 11.7 Å². The number of amides is 1. The zero-order valence-corrected chi connectivity index (χ0v) is 15.0. The van der Waals surface area contributed by atoms with Crippen LogP contribution in [0, 0.1) is 5.82 Å². The molecule has 134 valence electrons. The molecule has 0 saturated carbocycles. The van der Waals surface area contributed by atoms with Crippen molar-refractivity contribution in [1.82, 2.24) is 9.78 Å². The van der Waals surface area contributed by atoms with Crippen molar-refractivity contribution >= 4 is 28.2 Å². The number of nitrogens with zero attached hydrogens (tertiary/aromatic N) is 2. The average Bonchev–Trinajstić information content (AvgIpc) is 3.28. The summed E-state index contributed by atoms with van der Waals surface area (Å²) in [5, 5.41) is 7.56. The number of hydrogen-bond donors (Lipinski definition) is 1. The summed E-state index contributed by atoms with van der Waals surface area (Å²) in [7, 11) is 1.30. The predicted molar refractivity (Wildman–Crippen MR) is 96.5 cm³/mol. The monoisotopic (exact) mass is 373 g/mol. The van der Waals surface area contributed by atoms with E-state index in [0.29, 0.717) is 33.2 Å². The van der Waals surface area contributed by atoms with E-state index in [1.165, 1.54) is 25.4 Å². The van der Waals surface area contributed by atoms with Gasteiger partial charge in [-0.05, 0) is 42.8 Å². The second-order valence-corrected chi connectivity index (χ2v) is 6.44. The van der Waals surface area contributed by atoms with E-state index in [1.807, 2.05) is 6.92 Å². The van der Waals surface area contributed by atoms with E-state index in [1.54, 1.807) is 28.9 Å². The Balaban J connectivity index is 1.85. The number of aromatic nitrogens is 2. The molecule has 0 aliphatic heterocycles. The number of hydrogen-bond acceptors (Lipinski definition) is 5. The molecule has 3 rings (SSSR count). The molecule has 0 atom stereocenters. The van der Waals surface area contributed by atoms with Gasteiger partial charge < -0.3 is 10.1 Å². The summed E-state index contributed by atoms with van der Waals surface area (Å²) in [6, 6.07) is 9.13. The Morgan fingerprint density at radius 1 is 1.23 bits per heavy atom. The highest BCUT2D eigenvalue weighted by molar-refractivity contribution is 7.18. The van der Waals surface area contributed by atoms with Gasteiger partial charge in [0.1, 0.15) is 10.7 Å². The number of benzene rings is 1. The Labute approximate surface area is 153 Å². The van der Waals surface area contributed by atoms with Crippen molar-refractivity contribution in [3.8, 4) is 5.69 Å². The van der Waals surface area contributed by atoms with Gasteiger partial charge in [-0.2, -0.15) is 5.10 Å². The number of esters is 1. The largest absolute Gasteiger partial charge is 0.465 e. The molecule has 1 amide bonds. The number of ether oxygens (including phenoxy) is 1. The molecule has 6 nitrogen and oxygen atoms in total. The Kier molecular flexibility index (Phi) is 5.13. The van der Waals surface area contributed by atoms with Gasteiger partial charge >= 0.3 is 5.97 Å². The SMILES string of the molecule is CCc1c(C(=O)Nc2ccc(C(=O)OC)s2)cnn1-c1ccc(F)cc1. The molecule has 0 aliphatic rings. The molecular formula is C18H16FN3O3S. The third-order valence-corrected chi connectivity index (χ3v) is 4.73. The van der Waals surface area contributed by atoms with Gasteiger partial charge in [0.25, 0.3) is 5.91 Å². The molecule has 0 bridgehead atoms. The highest BCUT2D eigenvalue weighted by Crippen LogP contribution is 2.24. The van der Waals surface area contributed by atoms with Crippen LogP contribution in [0.25, 0.3) is 5.69 Å². The fraction of sp³-hybridized carbons (Fsp3) is 0.167. The van der Waals surface area contributed by atoms with Gasteiger partial charge in [0, 0.05) is 0 Å². The zero-order valence-electron chi connectivity index (χ0n) is 14.2. The van der Waals surface area contributed by atoms with Gasteiger partial charge in [0.05, 0.1) is 35.3 Å². The quantitative estimate of drug-likeness (QED) is 0.693. The van der Waals surface area contributed by atoms with E-state index in [0.717, 1.165) is 11.3 Å². The first-order valence-corrected chi connectivity index (χ1v) is 8.67. The smallest absolute Gasteiger partial charge is 0.348 e. The topological polar surface area (TPSA) is 73.2 Å². The molecule has 1 N–H and O–H groups in total. The number of carbonyl (C=O) groups excluding carboxylic acids is 2. The van der Waals surface area contributed by atoms with Gasteiger partial charge in [-0.25, -0.2) is 13.9 Å². The standard InChI is InChI=1S/C18H16FN3O3S/c1-3-14-13(10-20-22(14)12-6-4-11(19)5-7-12)17(23)21-16-9-8-15(26-16)18(24)25-2/h4-10H,3H2,1-2H3,(H,21,23). The summed E-state index contributed by atoms with van der Waals surface area (Å²) in [5.41, 5.74) is 1.80. The second kappa shape index (κ2) is 7.49. The molecule has 3 aromatic rings. The minimum absolute atomic E-state index is 0.325. The van der Waals surface area contributed by atoms with Gasteiger partial charge in [0.2, 0.25) is 0 Å². The molecule has 0 aliphatic carbocycles. The lowest BCUT2D eigenvalue weighted by Gasteiger charge is -2.08. The maximum absolute atomic E-state index is 13.1. The third kappa shape index (κ3) is 3.50. The van der Waals surface area contributed by atoms with Crippen LogP contribution in [0.1, 0.15) is 32.6 Å². The number of rotatable bonds is 5. The van der Waals surface area contributed by atoms with E-state index >= 15 is 0 Å². The van der Waals surface area contributed by atoms with Gasteiger partial charge in [0.15, 0.2) is 0 Å². The summed E-state index contributed by atoms with van der Waals surface area (Å²) in [4.78, 5) is 24.5. The molecule has 8 heteroatoms. The van der Waals surface area contributed by atoms with Crippen LogP contribution < -0.4 is 5.32 Å². The van der Waals surface area contributed by atoms with Gasteiger partial charge in [-0.15, -0.1) is 11.3 Å². The van der Waals surface area contributed by atoms with Crippen molar-refractivity contribution in [2.24, 2.45) is 0 Å². The highest BCUT2D eigenvalue weighted by atomic mass is 32.1. The molecule has 0 spiro atoms. The minimum atomic E-state index is -0.450. The number of methoxy groups -OCH3 is 1. The maximum atomic E-state index is 13.1. The molecule has 0 unspecified atom stereocenters. The number of carbonyl (C=O) groups is 2. The van der Waals surface area contributed by atoms with Crippen LogP contribution in [0.4, 0.5) is 9.39 Å². The third-order valence-electron chi connectivity index (χ3n) is 3.75. The zero-order chi connectivity index (χ0) is 18.7. The Hall–Kier alpha value is -3.00. The summed E-state index contributed by atoms with van der Waals surface area (Å²) >= 11 is 1.13. The Bertz CT molecular complexity index is 947. The van der Waals surface area contributed by atoms with Crippen molar-refractivity contribution in [3.63, 3.8) is 0 Å². The van der Waals surface area contributed by atoms with Crippen LogP contribution >= 0.6 is 11.3 Å². The molecule has 0 radical (unpaired) electrons. The van der Waals surface area contributed by atoms with E-state index in [9.17, 15) is 14.0 Å².